The Labute approximate surface area is 225 Å². The molecule has 2 aliphatic carbocycles. The molecule has 1 saturated carbocycles. The molecule has 1 fully saturated rings. The summed E-state index contributed by atoms with van der Waals surface area (Å²) >= 11 is 0. The molecule has 0 radical (unpaired) electrons. The van der Waals surface area contributed by atoms with Crippen LogP contribution in [-0.2, 0) is 17.8 Å². The summed E-state index contributed by atoms with van der Waals surface area (Å²) < 4.78 is 31.7. The standard InChI is InChI=1S/C26H33N5O.C2HF3O2/c1-31(23-11-5-9-19-10-6-14-27-25(19)23)17-24-29-21-13-12-20(15-22(21)30-24)26(32)28-16-18-7-3-2-4-8-18;3-2(4,5)1(6)7/h6,10,12-15,18,23H,2-5,7-9,11,16-17H2,1H3,(H,28,32)(H,29,30);(H,6,7). The molecule has 1 amide bonds. The molecular formula is C28H34F3N5O3. The van der Waals surface area contributed by atoms with Gasteiger partial charge in [0.05, 0.1) is 29.3 Å². The molecule has 3 aromatic rings. The Morgan fingerprint density at radius 3 is 2.59 bits per heavy atom. The van der Waals surface area contributed by atoms with Crippen molar-refractivity contribution in [3.63, 3.8) is 0 Å². The zero-order valence-electron chi connectivity index (χ0n) is 21.9. The molecule has 5 rings (SSSR count). The first kappa shape index (κ1) is 28.5. The number of nitrogens with one attached hydrogen (secondary N) is 2. The van der Waals surface area contributed by atoms with E-state index in [0.29, 0.717) is 17.5 Å². The maximum Gasteiger partial charge on any atom is 0.490 e. The van der Waals surface area contributed by atoms with E-state index in [1.54, 1.807) is 0 Å². The van der Waals surface area contributed by atoms with Gasteiger partial charge in [-0.1, -0.05) is 25.3 Å². The number of pyridine rings is 1. The van der Waals surface area contributed by atoms with E-state index in [1.807, 2.05) is 30.5 Å². The van der Waals surface area contributed by atoms with Crippen LogP contribution < -0.4 is 5.32 Å². The lowest BCUT2D eigenvalue weighted by atomic mass is 9.89. The highest BCUT2D eigenvalue weighted by Gasteiger charge is 2.38. The van der Waals surface area contributed by atoms with E-state index in [1.165, 1.54) is 49.8 Å². The number of carboxylic acids is 1. The number of aromatic nitrogens is 3. The second-order valence-electron chi connectivity index (χ2n) is 10.3. The first-order chi connectivity index (χ1) is 18.6. The van der Waals surface area contributed by atoms with E-state index in [4.69, 9.17) is 14.9 Å². The van der Waals surface area contributed by atoms with Crippen molar-refractivity contribution in [3.05, 3.63) is 59.2 Å². The minimum Gasteiger partial charge on any atom is -0.475 e. The van der Waals surface area contributed by atoms with Crippen LogP contribution in [0, 0.1) is 5.92 Å². The van der Waals surface area contributed by atoms with Crippen LogP contribution in [0.5, 0.6) is 0 Å². The van der Waals surface area contributed by atoms with Gasteiger partial charge in [0.1, 0.15) is 5.82 Å². The van der Waals surface area contributed by atoms with E-state index >= 15 is 0 Å². The number of carbonyl (C=O) groups excluding carboxylic acids is 1. The third-order valence-electron chi connectivity index (χ3n) is 7.41. The predicted octanol–water partition coefficient (Wildman–Crippen LogP) is 5.41. The number of halogens is 3. The van der Waals surface area contributed by atoms with Gasteiger partial charge in [-0.05, 0) is 74.9 Å². The lowest BCUT2D eigenvalue weighted by Gasteiger charge is -2.31. The molecule has 0 bridgehead atoms. The monoisotopic (exact) mass is 545 g/mol. The summed E-state index contributed by atoms with van der Waals surface area (Å²) in [7, 11) is 2.14. The molecule has 2 heterocycles. The molecule has 1 aromatic carbocycles. The average Bonchev–Trinajstić information content (AvgIpc) is 3.33. The Hall–Kier alpha value is -3.47. The van der Waals surface area contributed by atoms with E-state index in [0.717, 1.165) is 42.8 Å². The van der Waals surface area contributed by atoms with Crippen molar-refractivity contribution < 1.29 is 27.9 Å². The van der Waals surface area contributed by atoms with Crippen LogP contribution >= 0.6 is 0 Å². The van der Waals surface area contributed by atoms with E-state index < -0.39 is 12.1 Å². The number of imidazole rings is 1. The van der Waals surface area contributed by atoms with Gasteiger partial charge in [0.2, 0.25) is 0 Å². The Morgan fingerprint density at radius 2 is 1.87 bits per heavy atom. The minimum absolute atomic E-state index is 0.00984. The van der Waals surface area contributed by atoms with Crippen LogP contribution in [0.15, 0.2) is 36.5 Å². The molecule has 2 aliphatic rings. The summed E-state index contributed by atoms with van der Waals surface area (Å²) in [6.07, 6.45) is 6.62. The number of hydrogen-bond acceptors (Lipinski definition) is 5. The summed E-state index contributed by atoms with van der Waals surface area (Å²) in [5, 5.41) is 10.3. The molecule has 3 N–H and O–H groups in total. The van der Waals surface area contributed by atoms with Crippen LogP contribution in [0.25, 0.3) is 11.0 Å². The summed E-state index contributed by atoms with van der Waals surface area (Å²) in [6, 6.07) is 10.3. The molecule has 0 saturated heterocycles. The van der Waals surface area contributed by atoms with Gasteiger partial charge in [-0.2, -0.15) is 13.2 Å². The normalized spacial score (nSPS) is 17.8. The molecular weight excluding hydrogens is 511 g/mol. The van der Waals surface area contributed by atoms with Gasteiger partial charge in [0.15, 0.2) is 0 Å². The number of alkyl halides is 3. The number of aryl methyl sites for hydroxylation is 1. The number of fused-ring (bicyclic) bond motifs is 2. The fourth-order valence-corrected chi connectivity index (χ4v) is 5.37. The number of aliphatic carboxylic acids is 1. The molecule has 1 unspecified atom stereocenters. The zero-order valence-corrected chi connectivity index (χ0v) is 21.9. The molecule has 8 nitrogen and oxygen atoms in total. The molecule has 2 aromatic heterocycles. The summed E-state index contributed by atoms with van der Waals surface area (Å²) in [4.78, 5) is 36.8. The first-order valence-corrected chi connectivity index (χ1v) is 13.3. The van der Waals surface area contributed by atoms with Crippen LogP contribution in [0.2, 0.25) is 0 Å². The average molecular weight is 546 g/mol. The van der Waals surface area contributed by atoms with Gasteiger partial charge >= 0.3 is 12.1 Å². The third-order valence-corrected chi connectivity index (χ3v) is 7.41. The molecule has 11 heteroatoms. The summed E-state index contributed by atoms with van der Waals surface area (Å²) in [5.74, 6) is -1.20. The number of carboxylic acid groups (broad SMARTS) is 1. The second kappa shape index (κ2) is 12.6. The lowest BCUT2D eigenvalue weighted by Crippen LogP contribution is -2.30. The van der Waals surface area contributed by atoms with Gasteiger partial charge in [-0.15, -0.1) is 0 Å². The van der Waals surface area contributed by atoms with Gasteiger partial charge < -0.3 is 15.4 Å². The minimum atomic E-state index is -5.08. The van der Waals surface area contributed by atoms with Gasteiger partial charge in [-0.3, -0.25) is 14.7 Å². The number of carbonyl (C=O) groups is 2. The van der Waals surface area contributed by atoms with Crippen molar-refractivity contribution >= 4 is 22.9 Å². The van der Waals surface area contributed by atoms with Crippen LogP contribution in [0.3, 0.4) is 0 Å². The maximum absolute atomic E-state index is 12.7. The fraction of sp³-hybridized carbons (Fsp3) is 0.500. The van der Waals surface area contributed by atoms with E-state index in [-0.39, 0.29) is 5.91 Å². The third kappa shape index (κ3) is 7.56. The number of nitrogens with zero attached hydrogens (tertiary/aromatic N) is 3. The number of amides is 1. The number of aromatic amines is 1. The predicted molar refractivity (Wildman–Crippen MR) is 140 cm³/mol. The quantitative estimate of drug-likeness (QED) is 0.382. The zero-order chi connectivity index (χ0) is 28.0. The van der Waals surface area contributed by atoms with Crippen molar-refractivity contribution in [2.75, 3.05) is 13.6 Å². The number of benzene rings is 1. The van der Waals surface area contributed by atoms with Gasteiger partial charge in [0.25, 0.3) is 5.91 Å². The second-order valence-corrected chi connectivity index (χ2v) is 10.3. The molecule has 0 spiro atoms. The highest BCUT2D eigenvalue weighted by atomic mass is 19.4. The number of rotatable bonds is 6. The highest BCUT2D eigenvalue weighted by molar-refractivity contribution is 5.97. The summed E-state index contributed by atoms with van der Waals surface area (Å²) in [5.41, 5.74) is 5.08. The SMILES string of the molecule is CN(Cc1nc2ccc(C(=O)NCC3CCCCC3)cc2[nH]1)C1CCCc2cccnc21.O=C(O)C(F)(F)F. The van der Waals surface area contributed by atoms with Crippen molar-refractivity contribution in [2.24, 2.45) is 5.92 Å². The van der Waals surface area contributed by atoms with E-state index in [2.05, 4.69) is 33.3 Å². The Bertz CT molecular complexity index is 1290. The van der Waals surface area contributed by atoms with Crippen LogP contribution in [-0.4, -0.2) is 56.6 Å². The van der Waals surface area contributed by atoms with Crippen molar-refractivity contribution in [2.45, 2.75) is 70.1 Å². The molecule has 210 valence electrons. The maximum atomic E-state index is 12.7. The largest absolute Gasteiger partial charge is 0.490 e. The highest BCUT2D eigenvalue weighted by Crippen LogP contribution is 2.32. The van der Waals surface area contributed by atoms with Gasteiger partial charge in [-0.25, -0.2) is 9.78 Å². The van der Waals surface area contributed by atoms with Crippen molar-refractivity contribution in [1.82, 2.24) is 25.2 Å². The van der Waals surface area contributed by atoms with Crippen molar-refractivity contribution in [1.29, 1.82) is 0 Å². The fourth-order valence-electron chi connectivity index (χ4n) is 5.37. The Balaban J connectivity index is 0.000000448. The smallest absolute Gasteiger partial charge is 0.475 e. The van der Waals surface area contributed by atoms with E-state index in [9.17, 15) is 18.0 Å². The topological polar surface area (TPSA) is 111 Å². The molecule has 39 heavy (non-hydrogen) atoms. The molecule has 1 atom stereocenters. The molecule has 0 aliphatic heterocycles. The summed E-state index contributed by atoms with van der Waals surface area (Å²) in [6.45, 7) is 1.51. The van der Waals surface area contributed by atoms with Crippen LogP contribution in [0.1, 0.15) is 78.4 Å². The Morgan fingerprint density at radius 1 is 1.13 bits per heavy atom. The van der Waals surface area contributed by atoms with Crippen LogP contribution in [0.4, 0.5) is 13.2 Å². The lowest BCUT2D eigenvalue weighted by molar-refractivity contribution is -0.192. The van der Waals surface area contributed by atoms with Gasteiger partial charge in [0, 0.05) is 18.3 Å². The first-order valence-electron chi connectivity index (χ1n) is 13.3. The van der Waals surface area contributed by atoms with Crippen molar-refractivity contribution in [3.8, 4) is 0 Å². The number of H-pyrrole nitrogens is 1. The Kier molecular flexibility index (Phi) is 9.21. The number of hydrogen-bond donors (Lipinski definition) is 3.